The van der Waals surface area contributed by atoms with E-state index in [0.717, 1.165) is 12.4 Å². The number of benzene rings is 2. The van der Waals surface area contributed by atoms with Gasteiger partial charge in [-0.25, -0.2) is 38.7 Å². The zero-order valence-electron chi connectivity index (χ0n) is 37.8. The number of para-hydroxylation sites is 2. The van der Waals surface area contributed by atoms with E-state index in [1.165, 1.54) is 86.3 Å². The lowest BCUT2D eigenvalue weighted by atomic mass is 10.1. The minimum Gasteiger partial charge on any atom is -0.432 e. The number of alkyl halides is 4. The first-order valence-corrected chi connectivity index (χ1v) is 20.7. The van der Waals surface area contributed by atoms with Gasteiger partial charge >= 0.3 is 13.2 Å². The Hall–Kier alpha value is -9.36. The smallest absolute Gasteiger partial charge is 0.387 e. The van der Waals surface area contributed by atoms with Crippen LogP contribution in [0.15, 0.2) is 98.1 Å². The quantitative estimate of drug-likeness (QED) is 0.0450. The molecule has 2 aromatic carbocycles. The lowest BCUT2D eigenvalue weighted by Crippen LogP contribution is -2.20. The Kier molecular flexibility index (Phi) is 15.5. The summed E-state index contributed by atoms with van der Waals surface area (Å²) in [7, 11) is 4.53. The molecule has 26 heteroatoms. The summed E-state index contributed by atoms with van der Waals surface area (Å²) in [6.45, 7) is -3.08. The minimum absolute atomic E-state index is 0.134. The first-order valence-electron chi connectivity index (χ1n) is 20.7. The molecule has 7 N–H and O–H groups in total. The second kappa shape index (κ2) is 22.2. The van der Waals surface area contributed by atoms with Crippen LogP contribution in [0.1, 0.15) is 31.8 Å². The largest absolute Gasteiger partial charge is 0.432 e. The van der Waals surface area contributed by atoms with Gasteiger partial charge in [-0.2, -0.15) is 27.8 Å². The number of aromatic amines is 1. The average Bonchev–Trinajstić information content (AvgIpc) is 4.05. The second-order valence-electron chi connectivity index (χ2n) is 14.7. The number of carbonyl (C=O) groups excluding carboxylic acids is 2. The van der Waals surface area contributed by atoms with E-state index in [1.807, 2.05) is 0 Å². The van der Waals surface area contributed by atoms with Gasteiger partial charge in [0, 0.05) is 45.7 Å². The molecule has 0 spiro atoms. The van der Waals surface area contributed by atoms with Crippen LogP contribution in [-0.4, -0.2) is 89.0 Å². The first-order chi connectivity index (χ1) is 34.1. The van der Waals surface area contributed by atoms with Crippen LogP contribution in [0.2, 0.25) is 0 Å². The van der Waals surface area contributed by atoms with Gasteiger partial charge < -0.3 is 41.4 Å². The Bertz CT molecular complexity index is 3180. The van der Waals surface area contributed by atoms with Gasteiger partial charge in [0.05, 0.1) is 57.4 Å². The Labute approximate surface area is 398 Å². The lowest BCUT2D eigenvalue weighted by Gasteiger charge is -2.18. The normalized spacial score (nSPS) is 10.8. The van der Waals surface area contributed by atoms with Crippen molar-refractivity contribution in [2.75, 3.05) is 35.4 Å². The number of hydrogen-bond acceptors (Lipinski definition) is 16. The molecule has 0 aliphatic rings. The molecule has 0 aliphatic heterocycles. The number of hydrogen-bond donors (Lipinski definition) is 7. The predicted octanol–water partition coefficient (Wildman–Crippen LogP) is 8.33. The molecule has 0 aliphatic carbocycles. The molecule has 20 nitrogen and oxygen atoms in total. The highest BCUT2D eigenvalue weighted by molar-refractivity contribution is 6.01. The van der Waals surface area contributed by atoms with Crippen LogP contribution in [0.3, 0.4) is 0 Å². The summed E-state index contributed by atoms with van der Waals surface area (Å²) < 4.78 is 91.4. The van der Waals surface area contributed by atoms with E-state index >= 15 is 0 Å². The fourth-order valence-electron chi connectivity index (χ4n) is 6.52. The summed E-state index contributed by atoms with van der Waals surface area (Å²) >= 11 is 0. The molecule has 6 aromatic heterocycles. The number of pyridine rings is 4. The molecule has 0 fully saturated rings. The molecule has 0 atom stereocenters. The van der Waals surface area contributed by atoms with Crippen molar-refractivity contribution in [3.8, 4) is 34.3 Å². The highest BCUT2D eigenvalue weighted by Crippen LogP contribution is 2.40. The van der Waals surface area contributed by atoms with Crippen molar-refractivity contribution < 1.29 is 45.4 Å². The van der Waals surface area contributed by atoms with Crippen molar-refractivity contribution in [3.05, 3.63) is 132 Å². The topological polar surface area (TPSA) is 249 Å². The first kappa shape index (κ1) is 49.5. The number of anilines is 8. The number of amides is 2. The molecule has 366 valence electrons. The maximum Gasteiger partial charge on any atom is 0.387 e. The summed E-state index contributed by atoms with van der Waals surface area (Å²) in [4.78, 5) is 49.4. The predicted molar refractivity (Wildman–Crippen MR) is 248 cm³/mol. The van der Waals surface area contributed by atoms with Gasteiger partial charge in [0.15, 0.2) is 23.1 Å². The van der Waals surface area contributed by atoms with Crippen molar-refractivity contribution >= 4 is 57.8 Å². The Balaban J connectivity index is 0.000000209. The molecule has 8 rings (SSSR count). The van der Waals surface area contributed by atoms with Gasteiger partial charge in [-0.3, -0.25) is 19.4 Å². The van der Waals surface area contributed by atoms with E-state index in [-0.39, 0.29) is 79.8 Å². The number of H-pyrrole nitrogens is 1. The third kappa shape index (κ3) is 12.2. The maximum absolute atomic E-state index is 13.6. The number of halogens is 6. The highest BCUT2D eigenvalue weighted by atomic mass is 19.3. The zero-order chi connectivity index (χ0) is 50.8. The van der Waals surface area contributed by atoms with Gasteiger partial charge in [-0.1, -0.05) is 12.1 Å². The molecule has 2 amide bonds. The molecule has 0 radical (unpaired) electrons. The van der Waals surface area contributed by atoms with Crippen LogP contribution >= 0.6 is 0 Å². The molecular formula is C45H40F6N16O4. The number of rotatable bonds is 16. The monoisotopic (exact) mass is 982 g/mol. The molecule has 71 heavy (non-hydrogen) atoms. The summed E-state index contributed by atoms with van der Waals surface area (Å²) in [5, 5.41) is 27.3. The summed E-state index contributed by atoms with van der Waals surface area (Å²) in [6.07, 6.45) is 7.40. The van der Waals surface area contributed by atoms with E-state index in [0.29, 0.717) is 22.8 Å². The third-order valence-electron chi connectivity index (χ3n) is 9.85. The van der Waals surface area contributed by atoms with Gasteiger partial charge in [0.25, 0.3) is 11.8 Å². The number of aryl methyl sites for hydroxylation is 3. The standard InChI is InChI=1S/C23H21F3N8O2.C22H19F3N8O2/c1-12-7-18(29-10-15(12)24)32-19-8-17(14(9-28-19)22(35)27-2)31-16-6-4-5-13(20(16)36-23(25)26)21-30-11-34(3)33-21;1-11-6-17(28-9-14(11)23)32-18-7-16(13(8-27-18)21(34)26-2)31-15-5-3-4-12(19(15)35-22(24)25)20-29-10-30-33-20/h4-11,23H,1-3H3,(H,27,35)(H2,28,29,31,32);3-10,22H,1-2H3,(H,26,34)(H,29,30,33)(H2,27,28,31,32). The van der Waals surface area contributed by atoms with Crippen molar-refractivity contribution in [3.63, 3.8) is 0 Å². The van der Waals surface area contributed by atoms with Gasteiger partial charge in [-0.15, -0.1) is 0 Å². The minimum atomic E-state index is -3.13. The Morgan fingerprint density at radius 2 is 1.07 bits per heavy atom. The number of ether oxygens (including phenoxy) is 2. The summed E-state index contributed by atoms with van der Waals surface area (Å²) in [5.74, 6) is -0.690. The van der Waals surface area contributed by atoms with Gasteiger partial charge in [0.2, 0.25) is 0 Å². The molecule has 0 saturated carbocycles. The second-order valence-corrected chi connectivity index (χ2v) is 14.7. The average molecular weight is 983 g/mol. The van der Waals surface area contributed by atoms with Crippen LogP contribution in [0, 0.1) is 25.5 Å². The summed E-state index contributed by atoms with van der Waals surface area (Å²) in [6, 6.07) is 15.3. The molecule has 0 unspecified atom stereocenters. The van der Waals surface area contributed by atoms with Crippen LogP contribution in [0.25, 0.3) is 22.8 Å². The number of nitrogens with one attached hydrogen (secondary N) is 7. The molecular weight excluding hydrogens is 943 g/mol. The van der Waals surface area contributed by atoms with Crippen LogP contribution < -0.4 is 41.4 Å². The van der Waals surface area contributed by atoms with Gasteiger partial charge in [-0.05, 0) is 61.4 Å². The fourth-order valence-corrected chi connectivity index (χ4v) is 6.52. The molecule has 8 aromatic rings. The van der Waals surface area contributed by atoms with Crippen LogP contribution in [-0.2, 0) is 7.05 Å². The van der Waals surface area contributed by atoms with E-state index < -0.39 is 36.7 Å². The zero-order valence-corrected chi connectivity index (χ0v) is 37.8. The highest BCUT2D eigenvalue weighted by Gasteiger charge is 2.23. The molecule has 6 heterocycles. The van der Waals surface area contributed by atoms with Crippen molar-refractivity contribution in [2.45, 2.75) is 27.1 Å². The third-order valence-corrected chi connectivity index (χ3v) is 9.85. The van der Waals surface area contributed by atoms with E-state index in [2.05, 4.69) is 77.1 Å². The molecule has 0 saturated heterocycles. The fraction of sp³-hybridized carbons (Fsp3) is 0.156. The van der Waals surface area contributed by atoms with Crippen LogP contribution in [0.5, 0.6) is 11.5 Å². The van der Waals surface area contributed by atoms with Crippen molar-refractivity contribution in [1.29, 1.82) is 0 Å². The SMILES string of the molecule is CNC(=O)c1cnc(Nc2cc(C)c(F)cn2)cc1Nc1cccc(-c2ncn(C)n2)c1OC(F)F.CNC(=O)c1cnc(Nc2cc(C)c(F)cn2)cc1Nc1cccc(-c2ncn[nH]2)c1OC(F)F. The lowest BCUT2D eigenvalue weighted by molar-refractivity contribution is -0.0496. The van der Waals surface area contributed by atoms with Crippen molar-refractivity contribution in [2.24, 2.45) is 7.05 Å². The van der Waals surface area contributed by atoms with Gasteiger partial charge in [0.1, 0.15) is 47.6 Å². The number of nitrogens with zero attached hydrogens (tertiary/aromatic N) is 9. The van der Waals surface area contributed by atoms with E-state index in [1.54, 1.807) is 39.1 Å². The summed E-state index contributed by atoms with van der Waals surface area (Å²) in [5.41, 5.74) is 2.21. The number of carbonyl (C=O) groups is 2. The number of aromatic nitrogens is 10. The van der Waals surface area contributed by atoms with E-state index in [4.69, 9.17) is 9.47 Å². The maximum atomic E-state index is 13.6. The van der Waals surface area contributed by atoms with E-state index in [9.17, 15) is 35.9 Å². The Morgan fingerprint density at radius 1 is 0.606 bits per heavy atom. The van der Waals surface area contributed by atoms with Crippen molar-refractivity contribution in [1.82, 2.24) is 60.5 Å². The molecule has 0 bridgehead atoms. The Morgan fingerprint density at radius 3 is 1.49 bits per heavy atom. The van der Waals surface area contributed by atoms with Crippen LogP contribution in [0.4, 0.5) is 72.4 Å².